The molecule has 26 heavy (non-hydrogen) atoms. The summed E-state index contributed by atoms with van der Waals surface area (Å²) in [4.78, 5) is 12.8. The fourth-order valence-electron chi connectivity index (χ4n) is 2.78. The molecule has 0 radical (unpaired) electrons. The predicted octanol–water partition coefficient (Wildman–Crippen LogP) is 3.76. The second-order valence-electron chi connectivity index (χ2n) is 6.10. The summed E-state index contributed by atoms with van der Waals surface area (Å²) in [6, 6.07) is 14.8. The number of amides is 1. The summed E-state index contributed by atoms with van der Waals surface area (Å²) in [5.41, 5.74) is 1.36. The number of nitrogens with zero attached hydrogens (tertiary/aromatic N) is 1. The highest BCUT2D eigenvalue weighted by molar-refractivity contribution is 7.92. The van der Waals surface area contributed by atoms with Gasteiger partial charge in [-0.2, -0.15) is 0 Å². The molecule has 5 nitrogen and oxygen atoms in total. The maximum absolute atomic E-state index is 12.8. The quantitative estimate of drug-likeness (QED) is 0.777. The van der Waals surface area contributed by atoms with E-state index < -0.39 is 16.1 Å². The Balaban J connectivity index is 2.29. The molecule has 0 heterocycles. The van der Waals surface area contributed by atoms with Crippen LogP contribution in [0.5, 0.6) is 0 Å². The number of anilines is 1. The Hall–Kier alpha value is -2.05. The van der Waals surface area contributed by atoms with Gasteiger partial charge in [0.05, 0.1) is 18.0 Å². The van der Waals surface area contributed by atoms with Crippen LogP contribution in [0.25, 0.3) is 0 Å². The molecule has 0 aliphatic heterocycles. The van der Waals surface area contributed by atoms with Crippen LogP contribution in [0.4, 0.5) is 5.69 Å². The Morgan fingerprint density at radius 3 is 2.19 bits per heavy atom. The van der Waals surface area contributed by atoms with Gasteiger partial charge in [-0.3, -0.25) is 9.10 Å². The highest BCUT2D eigenvalue weighted by Gasteiger charge is 2.32. The molecule has 1 N–H and O–H groups in total. The molecule has 0 aliphatic carbocycles. The number of hydrogen-bond donors (Lipinski definition) is 1. The van der Waals surface area contributed by atoms with E-state index in [9.17, 15) is 13.2 Å². The highest BCUT2D eigenvalue weighted by atomic mass is 35.5. The average Bonchev–Trinajstić information content (AvgIpc) is 2.60. The summed E-state index contributed by atoms with van der Waals surface area (Å²) >= 11 is 5.90. The molecule has 0 aliphatic rings. The molecule has 0 fully saturated rings. The molecule has 0 saturated carbocycles. The molecule has 0 unspecified atom stereocenters. The van der Waals surface area contributed by atoms with Gasteiger partial charge in [0, 0.05) is 5.02 Å². The number of carbonyl (C=O) groups excluding carboxylic acids is 1. The molecule has 0 bridgehead atoms. The predicted molar refractivity (Wildman–Crippen MR) is 106 cm³/mol. The monoisotopic (exact) mass is 394 g/mol. The summed E-state index contributed by atoms with van der Waals surface area (Å²) in [6.07, 6.45) is 1.43. The van der Waals surface area contributed by atoms with E-state index in [1.807, 2.05) is 37.3 Å². The van der Waals surface area contributed by atoms with Crippen molar-refractivity contribution in [2.24, 2.45) is 0 Å². The minimum Gasteiger partial charge on any atom is -0.348 e. The zero-order valence-corrected chi connectivity index (χ0v) is 16.6. The fraction of sp³-hybridized carbons (Fsp3) is 0.316. The maximum Gasteiger partial charge on any atom is 0.244 e. The zero-order valence-electron chi connectivity index (χ0n) is 15.0. The lowest BCUT2D eigenvalue weighted by Gasteiger charge is -2.31. The van der Waals surface area contributed by atoms with Gasteiger partial charge in [0.15, 0.2) is 0 Å². The first kappa shape index (κ1) is 20.3. The molecular formula is C19H23ClN2O3S. The van der Waals surface area contributed by atoms with Crippen molar-refractivity contribution in [2.45, 2.75) is 32.4 Å². The summed E-state index contributed by atoms with van der Waals surface area (Å²) in [5, 5.41) is 3.41. The Labute approximate surface area is 160 Å². The lowest BCUT2D eigenvalue weighted by atomic mass is 10.1. The highest BCUT2D eigenvalue weighted by Crippen LogP contribution is 2.25. The number of benzene rings is 2. The fourth-order valence-corrected chi connectivity index (χ4v) is 4.12. The van der Waals surface area contributed by atoms with E-state index in [1.165, 1.54) is 0 Å². The molecule has 0 aromatic heterocycles. The van der Waals surface area contributed by atoms with Gasteiger partial charge in [0.2, 0.25) is 15.9 Å². The van der Waals surface area contributed by atoms with Gasteiger partial charge >= 0.3 is 0 Å². The summed E-state index contributed by atoms with van der Waals surface area (Å²) < 4.78 is 25.9. The van der Waals surface area contributed by atoms with Gasteiger partial charge in [-0.25, -0.2) is 8.42 Å². The first-order valence-electron chi connectivity index (χ1n) is 8.34. The third-order valence-corrected chi connectivity index (χ3v) is 5.50. The molecule has 2 atom stereocenters. The van der Waals surface area contributed by atoms with Gasteiger partial charge < -0.3 is 5.32 Å². The van der Waals surface area contributed by atoms with Gasteiger partial charge in [-0.15, -0.1) is 0 Å². The number of halogens is 1. The molecular weight excluding hydrogens is 372 g/mol. The molecule has 0 spiro atoms. The van der Waals surface area contributed by atoms with Crippen LogP contribution in [0.3, 0.4) is 0 Å². The summed E-state index contributed by atoms with van der Waals surface area (Å²) in [6.45, 7) is 3.65. The second-order valence-corrected chi connectivity index (χ2v) is 8.40. The van der Waals surface area contributed by atoms with Crippen molar-refractivity contribution in [3.63, 3.8) is 0 Å². The van der Waals surface area contributed by atoms with Crippen molar-refractivity contribution < 1.29 is 13.2 Å². The lowest BCUT2D eigenvalue weighted by Crippen LogP contribution is -2.49. The minimum atomic E-state index is -3.66. The van der Waals surface area contributed by atoms with Crippen LogP contribution in [-0.2, 0) is 14.8 Å². The number of rotatable bonds is 7. The third-order valence-electron chi connectivity index (χ3n) is 4.07. The van der Waals surface area contributed by atoms with Crippen LogP contribution in [0, 0.1) is 0 Å². The molecule has 1 amide bonds. The van der Waals surface area contributed by atoms with Gasteiger partial charge in [0.25, 0.3) is 0 Å². The molecule has 2 aromatic rings. The normalized spacial score (nSPS) is 13.7. The molecule has 0 saturated heterocycles. The number of sulfonamides is 1. The summed E-state index contributed by atoms with van der Waals surface area (Å²) in [5.74, 6) is -0.343. The van der Waals surface area contributed by atoms with Crippen LogP contribution in [-0.4, -0.2) is 26.6 Å². The van der Waals surface area contributed by atoms with Crippen LogP contribution in [0.1, 0.15) is 31.9 Å². The first-order chi connectivity index (χ1) is 12.2. The molecule has 2 rings (SSSR count). The minimum absolute atomic E-state index is 0.232. The first-order valence-corrected chi connectivity index (χ1v) is 10.6. The van der Waals surface area contributed by atoms with Gasteiger partial charge in [-0.1, -0.05) is 48.9 Å². The molecule has 140 valence electrons. The standard InChI is InChI=1S/C19H23ClN2O3S/c1-4-18(19(23)21-14(2)15-8-6-5-7-9-15)22(26(3,24)25)17-12-10-16(20)11-13-17/h5-14,18H,4H2,1-3H3,(H,21,23)/t14-,18-/m1/s1. The largest absolute Gasteiger partial charge is 0.348 e. The van der Waals surface area contributed by atoms with Crippen molar-refractivity contribution in [2.75, 3.05) is 10.6 Å². The average molecular weight is 395 g/mol. The Morgan fingerprint density at radius 2 is 1.69 bits per heavy atom. The Bertz CT molecular complexity index is 839. The van der Waals surface area contributed by atoms with Crippen molar-refractivity contribution in [1.29, 1.82) is 0 Å². The van der Waals surface area contributed by atoms with E-state index in [1.54, 1.807) is 31.2 Å². The zero-order chi connectivity index (χ0) is 19.3. The van der Waals surface area contributed by atoms with Crippen LogP contribution < -0.4 is 9.62 Å². The Kier molecular flexibility index (Phi) is 6.67. The van der Waals surface area contributed by atoms with Crippen LogP contribution >= 0.6 is 11.6 Å². The van der Waals surface area contributed by atoms with E-state index in [0.717, 1.165) is 16.1 Å². The third kappa shape index (κ3) is 4.99. The Morgan fingerprint density at radius 1 is 1.12 bits per heavy atom. The second kappa shape index (κ2) is 8.56. The van der Waals surface area contributed by atoms with E-state index in [-0.39, 0.29) is 11.9 Å². The SMILES string of the molecule is CC[C@H](C(=O)N[C@H](C)c1ccccc1)N(c1ccc(Cl)cc1)S(C)(=O)=O. The van der Waals surface area contributed by atoms with E-state index >= 15 is 0 Å². The van der Waals surface area contributed by atoms with Crippen molar-refractivity contribution in [3.05, 3.63) is 65.2 Å². The van der Waals surface area contributed by atoms with Crippen LogP contribution in [0.2, 0.25) is 5.02 Å². The van der Waals surface area contributed by atoms with Crippen LogP contribution in [0.15, 0.2) is 54.6 Å². The van der Waals surface area contributed by atoms with Gasteiger partial charge in [0.1, 0.15) is 6.04 Å². The van der Waals surface area contributed by atoms with Gasteiger partial charge in [-0.05, 0) is 43.2 Å². The van der Waals surface area contributed by atoms with E-state index in [0.29, 0.717) is 17.1 Å². The van der Waals surface area contributed by atoms with Crippen molar-refractivity contribution in [3.8, 4) is 0 Å². The maximum atomic E-state index is 12.8. The summed E-state index contributed by atoms with van der Waals surface area (Å²) in [7, 11) is -3.66. The number of carbonyl (C=O) groups is 1. The van der Waals surface area contributed by atoms with E-state index in [4.69, 9.17) is 11.6 Å². The number of nitrogens with one attached hydrogen (secondary N) is 1. The van der Waals surface area contributed by atoms with E-state index in [2.05, 4.69) is 5.32 Å². The topological polar surface area (TPSA) is 66.5 Å². The number of hydrogen-bond acceptors (Lipinski definition) is 3. The lowest BCUT2D eigenvalue weighted by molar-refractivity contribution is -0.122. The van der Waals surface area contributed by atoms with Crippen molar-refractivity contribution >= 4 is 33.2 Å². The smallest absolute Gasteiger partial charge is 0.244 e. The molecule has 7 heteroatoms. The van der Waals surface area contributed by atoms with Crippen molar-refractivity contribution in [1.82, 2.24) is 5.32 Å². The molecule has 2 aromatic carbocycles.